The van der Waals surface area contributed by atoms with E-state index in [1.54, 1.807) is 0 Å². The molecule has 0 saturated heterocycles. The standard InChI is InChI=1S/C50H35N5/c1-4-14-35(15-5-1)41-30-42(33-43(31-41)55-52-47(37-16-6-2-7-17-37)34-48(53-55)38-18-8-3-9-19-38)54-49-22-11-10-20-44(49)45-32-40(27-28-50(45)54)36-23-25-39(26-24-36)46-21-12-13-29-51-46/h1-34,52H. The highest BCUT2D eigenvalue weighted by Crippen LogP contribution is 2.38. The lowest BCUT2D eigenvalue weighted by Crippen LogP contribution is -2.36. The zero-order valence-electron chi connectivity index (χ0n) is 29.9. The zero-order valence-corrected chi connectivity index (χ0v) is 29.9. The molecule has 5 nitrogen and oxygen atoms in total. The van der Waals surface area contributed by atoms with Crippen molar-refractivity contribution in [3.05, 3.63) is 218 Å². The van der Waals surface area contributed by atoms with E-state index in [4.69, 9.17) is 5.10 Å². The Morgan fingerprint density at radius 2 is 1.00 bits per heavy atom. The summed E-state index contributed by atoms with van der Waals surface area (Å²) in [6.07, 6.45) is 3.96. The van der Waals surface area contributed by atoms with Crippen molar-refractivity contribution in [3.63, 3.8) is 0 Å². The summed E-state index contributed by atoms with van der Waals surface area (Å²) in [6, 6.07) is 68.3. The highest BCUT2D eigenvalue weighted by Gasteiger charge is 2.21. The minimum absolute atomic E-state index is 0.877. The topological polar surface area (TPSA) is 45.5 Å². The molecular weight excluding hydrogens is 671 g/mol. The first kappa shape index (κ1) is 32.2. The number of allylic oxidation sites excluding steroid dienone is 1. The van der Waals surface area contributed by atoms with Crippen molar-refractivity contribution in [3.8, 4) is 39.2 Å². The fourth-order valence-corrected chi connectivity index (χ4v) is 7.52. The van der Waals surface area contributed by atoms with Crippen molar-refractivity contribution in [1.29, 1.82) is 0 Å². The third-order valence-electron chi connectivity index (χ3n) is 10.2. The molecule has 0 aliphatic carbocycles. The molecule has 0 saturated carbocycles. The van der Waals surface area contributed by atoms with Crippen molar-refractivity contribution >= 4 is 38.9 Å². The molecule has 0 radical (unpaired) electrons. The Labute approximate surface area is 319 Å². The third kappa shape index (κ3) is 6.14. The maximum Gasteiger partial charge on any atom is 0.0949 e. The van der Waals surface area contributed by atoms with Crippen LogP contribution in [0.1, 0.15) is 11.1 Å². The van der Waals surface area contributed by atoms with E-state index < -0.39 is 0 Å². The van der Waals surface area contributed by atoms with Crippen LogP contribution < -0.4 is 10.5 Å². The average molecular weight is 706 g/mol. The quantitative estimate of drug-likeness (QED) is 0.180. The lowest BCUT2D eigenvalue weighted by Gasteiger charge is -2.29. The number of nitrogens with one attached hydrogen (secondary N) is 1. The van der Waals surface area contributed by atoms with Gasteiger partial charge in [0.15, 0.2) is 0 Å². The van der Waals surface area contributed by atoms with Crippen LogP contribution in [0.25, 0.3) is 66.7 Å². The molecule has 10 rings (SSSR count). The number of hydrogen-bond acceptors (Lipinski definition) is 4. The summed E-state index contributed by atoms with van der Waals surface area (Å²) >= 11 is 0. The van der Waals surface area contributed by atoms with Gasteiger partial charge in [-0.05, 0) is 82.4 Å². The van der Waals surface area contributed by atoms with Gasteiger partial charge in [0.05, 0.1) is 33.8 Å². The summed E-state index contributed by atoms with van der Waals surface area (Å²) in [4.78, 5) is 4.53. The number of rotatable bonds is 7. The largest absolute Gasteiger partial charge is 0.309 e. The van der Waals surface area contributed by atoms with Gasteiger partial charge in [0.25, 0.3) is 0 Å². The molecule has 0 unspecified atom stereocenters. The fraction of sp³-hybridized carbons (Fsp3) is 0. The molecule has 0 amide bonds. The normalized spacial score (nSPS) is 12.7. The predicted molar refractivity (Wildman–Crippen MR) is 228 cm³/mol. The van der Waals surface area contributed by atoms with Crippen molar-refractivity contribution in [1.82, 2.24) is 15.0 Å². The molecule has 1 N–H and O–H groups in total. The molecule has 0 fully saturated rings. The maximum atomic E-state index is 5.20. The first-order chi connectivity index (χ1) is 27.2. The number of pyridine rings is 1. The number of fused-ring (bicyclic) bond motifs is 3. The second kappa shape index (κ2) is 13.8. The number of anilines is 1. The summed E-state index contributed by atoms with van der Waals surface area (Å²) in [7, 11) is 0. The molecule has 0 atom stereocenters. The van der Waals surface area contributed by atoms with Crippen LogP contribution in [0.4, 0.5) is 5.69 Å². The fourth-order valence-electron chi connectivity index (χ4n) is 7.52. The van der Waals surface area contributed by atoms with Crippen LogP contribution in [0.2, 0.25) is 0 Å². The van der Waals surface area contributed by atoms with E-state index in [1.807, 2.05) is 41.6 Å². The molecule has 7 aromatic carbocycles. The van der Waals surface area contributed by atoms with E-state index in [2.05, 4.69) is 185 Å². The molecule has 1 aliphatic heterocycles. The summed E-state index contributed by atoms with van der Waals surface area (Å²) in [6.45, 7) is 0. The van der Waals surface area contributed by atoms with E-state index in [0.717, 1.165) is 72.9 Å². The zero-order chi connectivity index (χ0) is 36.6. The van der Waals surface area contributed by atoms with Crippen molar-refractivity contribution < 1.29 is 0 Å². The van der Waals surface area contributed by atoms with Crippen LogP contribution in [0.5, 0.6) is 0 Å². The number of hydrogen-bond donors (Lipinski definition) is 1. The second-order valence-electron chi connectivity index (χ2n) is 13.7. The van der Waals surface area contributed by atoms with Gasteiger partial charge < -0.3 is 4.57 Å². The molecule has 260 valence electrons. The molecule has 2 aromatic heterocycles. The third-order valence-corrected chi connectivity index (χ3v) is 10.2. The van der Waals surface area contributed by atoms with Gasteiger partial charge in [-0.25, -0.2) is 0 Å². The number of nitrogens with zero attached hydrogens (tertiary/aromatic N) is 4. The van der Waals surface area contributed by atoms with Crippen LogP contribution in [0.3, 0.4) is 0 Å². The van der Waals surface area contributed by atoms with Crippen molar-refractivity contribution in [2.75, 3.05) is 5.12 Å². The van der Waals surface area contributed by atoms with E-state index in [1.165, 1.54) is 16.3 Å². The lowest BCUT2D eigenvalue weighted by atomic mass is 10.0. The van der Waals surface area contributed by atoms with Crippen LogP contribution in [-0.2, 0) is 0 Å². The summed E-state index contributed by atoms with van der Waals surface area (Å²) < 4.78 is 2.38. The number of aromatic nitrogens is 2. The van der Waals surface area contributed by atoms with Gasteiger partial charge in [0.2, 0.25) is 0 Å². The average Bonchev–Trinajstić information content (AvgIpc) is 3.61. The van der Waals surface area contributed by atoms with Crippen LogP contribution >= 0.6 is 0 Å². The van der Waals surface area contributed by atoms with E-state index in [0.29, 0.717) is 0 Å². The smallest absolute Gasteiger partial charge is 0.0949 e. The van der Waals surface area contributed by atoms with Gasteiger partial charge in [-0.1, -0.05) is 146 Å². The highest BCUT2D eigenvalue weighted by atomic mass is 15.7. The molecule has 3 heterocycles. The molecule has 9 aromatic rings. The minimum atomic E-state index is 0.877. The maximum absolute atomic E-state index is 5.20. The second-order valence-corrected chi connectivity index (χ2v) is 13.7. The van der Waals surface area contributed by atoms with Crippen LogP contribution in [0.15, 0.2) is 211 Å². The molecule has 5 heteroatoms. The Bertz CT molecular complexity index is 2860. The Balaban J connectivity index is 1.13. The van der Waals surface area contributed by atoms with Crippen molar-refractivity contribution in [2.45, 2.75) is 0 Å². The Kier molecular flexibility index (Phi) is 8.08. The van der Waals surface area contributed by atoms with Gasteiger partial charge >= 0.3 is 0 Å². The minimum Gasteiger partial charge on any atom is -0.309 e. The van der Waals surface area contributed by atoms with E-state index in [9.17, 15) is 0 Å². The Hall–Kier alpha value is -7.50. The Morgan fingerprint density at radius 3 is 1.75 bits per heavy atom. The van der Waals surface area contributed by atoms with Gasteiger partial charge in [-0.2, -0.15) is 10.2 Å². The number of hydrazine groups is 1. The van der Waals surface area contributed by atoms with Crippen molar-refractivity contribution in [2.24, 2.45) is 5.10 Å². The lowest BCUT2D eigenvalue weighted by molar-refractivity contribution is 0.787. The van der Waals surface area contributed by atoms with Crippen LogP contribution in [0, 0.1) is 0 Å². The predicted octanol–water partition coefficient (Wildman–Crippen LogP) is 11.9. The van der Waals surface area contributed by atoms with Crippen LogP contribution in [-0.4, -0.2) is 15.3 Å². The van der Waals surface area contributed by atoms with E-state index >= 15 is 0 Å². The van der Waals surface area contributed by atoms with E-state index in [-0.39, 0.29) is 0 Å². The first-order valence-electron chi connectivity index (χ1n) is 18.5. The SMILES string of the molecule is C1=C(c2ccccc2)NN(c2cc(-c3ccccc3)cc(-n3c4ccccc4c4cc(-c5ccc(-c6ccccn6)cc5)ccc43)c2)N=C1c1ccccc1. The molecule has 1 aliphatic rings. The molecule has 0 spiro atoms. The van der Waals surface area contributed by atoms with Gasteiger partial charge in [0, 0.05) is 33.8 Å². The summed E-state index contributed by atoms with van der Waals surface area (Å²) in [5.41, 5.74) is 18.5. The Morgan fingerprint density at radius 1 is 0.400 bits per heavy atom. The highest BCUT2D eigenvalue weighted by molar-refractivity contribution is 6.13. The van der Waals surface area contributed by atoms with Gasteiger partial charge in [0.1, 0.15) is 0 Å². The number of para-hydroxylation sites is 1. The number of hydrazone groups is 1. The molecule has 55 heavy (non-hydrogen) atoms. The molecular formula is C50H35N5. The summed E-state index contributed by atoms with van der Waals surface area (Å²) in [5.74, 6) is 0. The monoisotopic (exact) mass is 705 g/mol. The van der Waals surface area contributed by atoms with Gasteiger partial charge in [-0.15, -0.1) is 0 Å². The van der Waals surface area contributed by atoms with Gasteiger partial charge in [-0.3, -0.25) is 10.4 Å². The number of benzene rings is 7. The summed E-state index contributed by atoms with van der Waals surface area (Å²) in [5, 5.41) is 9.52. The first-order valence-corrected chi connectivity index (χ1v) is 18.5. The molecule has 0 bridgehead atoms.